The second-order valence-electron chi connectivity index (χ2n) is 5.50. The van der Waals surface area contributed by atoms with Gasteiger partial charge in [-0.25, -0.2) is 0 Å². The lowest BCUT2D eigenvalue weighted by Gasteiger charge is -2.11. The SMILES string of the molecule is CCOc1ccc(NC(=O)CSCc2cc(-c3cccs3)on2)cc1OC. The molecule has 8 heteroatoms. The molecule has 0 saturated carbocycles. The molecule has 0 saturated heterocycles. The number of benzene rings is 1. The maximum absolute atomic E-state index is 12.2. The van der Waals surface area contributed by atoms with E-state index < -0.39 is 0 Å². The van der Waals surface area contributed by atoms with Crippen molar-refractivity contribution >= 4 is 34.7 Å². The van der Waals surface area contributed by atoms with Gasteiger partial charge in [0.2, 0.25) is 5.91 Å². The van der Waals surface area contributed by atoms with E-state index in [1.165, 1.54) is 11.8 Å². The lowest BCUT2D eigenvalue weighted by atomic mass is 10.2. The summed E-state index contributed by atoms with van der Waals surface area (Å²) in [4.78, 5) is 13.2. The number of anilines is 1. The van der Waals surface area contributed by atoms with Gasteiger partial charge in [-0.1, -0.05) is 11.2 Å². The van der Waals surface area contributed by atoms with Crippen molar-refractivity contribution < 1.29 is 18.8 Å². The Morgan fingerprint density at radius 2 is 2.19 bits per heavy atom. The predicted octanol–water partition coefficient (Wildman–Crippen LogP) is 4.68. The van der Waals surface area contributed by atoms with Gasteiger partial charge in [-0.2, -0.15) is 0 Å². The quantitative estimate of drug-likeness (QED) is 0.558. The van der Waals surface area contributed by atoms with E-state index in [0.29, 0.717) is 35.3 Å². The molecule has 3 rings (SSSR count). The summed E-state index contributed by atoms with van der Waals surface area (Å²) >= 11 is 3.08. The first-order valence-electron chi connectivity index (χ1n) is 8.37. The van der Waals surface area contributed by atoms with Crippen LogP contribution in [-0.4, -0.2) is 30.5 Å². The highest BCUT2D eigenvalue weighted by Gasteiger charge is 2.10. The van der Waals surface area contributed by atoms with Gasteiger partial charge < -0.3 is 19.3 Å². The smallest absolute Gasteiger partial charge is 0.234 e. The van der Waals surface area contributed by atoms with Crippen LogP contribution in [-0.2, 0) is 10.5 Å². The number of hydrogen-bond donors (Lipinski definition) is 1. The van der Waals surface area contributed by atoms with E-state index in [1.807, 2.05) is 30.5 Å². The van der Waals surface area contributed by atoms with E-state index in [2.05, 4.69) is 10.5 Å². The minimum Gasteiger partial charge on any atom is -0.493 e. The summed E-state index contributed by atoms with van der Waals surface area (Å²) < 4.78 is 16.1. The minimum atomic E-state index is -0.0896. The average molecular weight is 405 g/mol. The standard InChI is InChI=1S/C19H20N2O4S2/c1-3-24-15-7-6-13(9-16(15)23-2)20-19(22)12-26-11-14-10-17(25-21-14)18-5-4-8-27-18/h4-10H,3,11-12H2,1-2H3,(H,20,22). The predicted molar refractivity (Wildman–Crippen MR) is 109 cm³/mol. The lowest BCUT2D eigenvalue weighted by Crippen LogP contribution is -2.14. The third-order valence-electron chi connectivity index (χ3n) is 3.55. The number of methoxy groups -OCH3 is 1. The van der Waals surface area contributed by atoms with Crippen molar-refractivity contribution in [1.82, 2.24) is 5.16 Å². The van der Waals surface area contributed by atoms with Gasteiger partial charge in [0.1, 0.15) is 0 Å². The molecule has 0 aliphatic heterocycles. The molecular weight excluding hydrogens is 384 g/mol. The Morgan fingerprint density at radius 1 is 1.30 bits per heavy atom. The van der Waals surface area contributed by atoms with Gasteiger partial charge in [0.05, 0.1) is 30.0 Å². The summed E-state index contributed by atoms with van der Waals surface area (Å²) in [6.45, 7) is 2.46. The highest BCUT2D eigenvalue weighted by molar-refractivity contribution is 7.99. The number of ether oxygens (including phenoxy) is 2. The van der Waals surface area contributed by atoms with Crippen molar-refractivity contribution in [3.8, 4) is 22.1 Å². The van der Waals surface area contributed by atoms with Crippen LogP contribution in [0, 0.1) is 0 Å². The first kappa shape index (κ1) is 19.3. The number of nitrogens with one attached hydrogen (secondary N) is 1. The normalized spacial score (nSPS) is 10.6. The Bertz CT molecular complexity index is 878. The number of thioether (sulfide) groups is 1. The maximum atomic E-state index is 12.2. The van der Waals surface area contributed by atoms with Crippen LogP contribution >= 0.6 is 23.1 Å². The minimum absolute atomic E-state index is 0.0896. The van der Waals surface area contributed by atoms with Crippen LogP contribution in [0.2, 0.25) is 0 Å². The molecule has 0 aliphatic carbocycles. The van der Waals surface area contributed by atoms with Crippen LogP contribution in [0.1, 0.15) is 12.6 Å². The van der Waals surface area contributed by atoms with Crippen molar-refractivity contribution in [2.45, 2.75) is 12.7 Å². The van der Waals surface area contributed by atoms with E-state index in [-0.39, 0.29) is 5.91 Å². The van der Waals surface area contributed by atoms with Gasteiger partial charge in [-0.05, 0) is 30.5 Å². The molecule has 0 spiro atoms. The number of carbonyl (C=O) groups excluding carboxylic acids is 1. The summed E-state index contributed by atoms with van der Waals surface area (Å²) in [7, 11) is 1.57. The fourth-order valence-corrected chi connectivity index (χ4v) is 3.76. The fraction of sp³-hybridized carbons (Fsp3) is 0.263. The molecule has 0 atom stereocenters. The molecule has 0 aliphatic rings. The summed E-state index contributed by atoms with van der Waals surface area (Å²) in [5.41, 5.74) is 1.49. The van der Waals surface area contributed by atoms with Crippen LogP contribution in [0.15, 0.2) is 46.3 Å². The topological polar surface area (TPSA) is 73.6 Å². The van der Waals surface area contributed by atoms with Crippen LogP contribution in [0.5, 0.6) is 11.5 Å². The van der Waals surface area contributed by atoms with Crippen LogP contribution in [0.25, 0.3) is 10.6 Å². The van der Waals surface area contributed by atoms with Crippen molar-refractivity contribution in [3.63, 3.8) is 0 Å². The first-order chi connectivity index (χ1) is 13.2. The van der Waals surface area contributed by atoms with E-state index >= 15 is 0 Å². The Morgan fingerprint density at radius 3 is 2.93 bits per heavy atom. The average Bonchev–Trinajstić information content (AvgIpc) is 3.34. The zero-order valence-electron chi connectivity index (χ0n) is 15.1. The van der Waals surface area contributed by atoms with Crippen molar-refractivity contribution in [2.75, 3.05) is 24.8 Å². The van der Waals surface area contributed by atoms with Crippen LogP contribution in [0.3, 0.4) is 0 Å². The molecule has 0 bridgehead atoms. The van der Waals surface area contributed by atoms with E-state index in [0.717, 1.165) is 16.3 Å². The largest absolute Gasteiger partial charge is 0.493 e. The van der Waals surface area contributed by atoms with E-state index in [9.17, 15) is 4.79 Å². The zero-order valence-corrected chi connectivity index (χ0v) is 16.7. The molecule has 1 aromatic carbocycles. The fourth-order valence-electron chi connectivity index (χ4n) is 2.38. The zero-order chi connectivity index (χ0) is 19.1. The second kappa shape index (κ2) is 9.48. The molecule has 27 heavy (non-hydrogen) atoms. The van der Waals surface area contributed by atoms with Crippen molar-refractivity contribution in [3.05, 3.63) is 47.5 Å². The van der Waals surface area contributed by atoms with Gasteiger partial charge in [0.25, 0.3) is 0 Å². The van der Waals surface area contributed by atoms with E-state index in [1.54, 1.807) is 36.6 Å². The van der Waals surface area contributed by atoms with Gasteiger partial charge >= 0.3 is 0 Å². The molecule has 3 aromatic rings. The number of aromatic nitrogens is 1. The highest BCUT2D eigenvalue weighted by atomic mass is 32.2. The van der Waals surface area contributed by atoms with E-state index in [4.69, 9.17) is 14.0 Å². The van der Waals surface area contributed by atoms with Crippen molar-refractivity contribution in [1.29, 1.82) is 0 Å². The van der Waals surface area contributed by atoms with Gasteiger partial charge in [0, 0.05) is 23.6 Å². The molecule has 142 valence electrons. The van der Waals surface area contributed by atoms with Crippen LogP contribution in [0.4, 0.5) is 5.69 Å². The Labute approximate surface area is 165 Å². The van der Waals surface area contributed by atoms with Gasteiger partial charge in [-0.3, -0.25) is 4.79 Å². The Hall–Kier alpha value is -2.45. The number of nitrogens with zero attached hydrogens (tertiary/aromatic N) is 1. The molecule has 0 radical (unpaired) electrons. The number of rotatable bonds is 9. The first-order valence-corrected chi connectivity index (χ1v) is 10.4. The third kappa shape index (κ3) is 5.27. The number of thiophene rings is 1. The van der Waals surface area contributed by atoms with Crippen molar-refractivity contribution in [2.24, 2.45) is 0 Å². The summed E-state index contributed by atoms with van der Waals surface area (Å²) in [5.74, 6) is 2.83. The Balaban J connectivity index is 1.48. The molecule has 1 amide bonds. The summed E-state index contributed by atoms with van der Waals surface area (Å²) in [6.07, 6.45) is 0. The third-order valence-corrected chi connectivity index (χ3v) is 5.40. The lowest BCUT2D eigenvalue weighted by molar-refractivity contribution is -0.113. The number of amides is 1. The van der Waals surface area contributed by atoms with Gasteiger partial charge in [-0.15, -0.1) is 23.1 Å². The number of carbonyl (C=O) groups is 1. The Kier molecular flexibility index (Phi) is 6.78. The molecule has 1 N–H and O–H groups in total. The highest BCUT2D eigenvalue weighted by Crippen LogP contribution is 2.30. The molecule has 6 nitrogen and oxygen atoms in total. The van der Waals surface area contributed by atoms with Gasteiger partial charge in [0.15, 0.2) is 17.3 Å². The summed E-state index contributed by atoms with van der Waals surface area (Å²) in [5, 5.41) is 8.91. The monoisotopic (exact) mass is 404 g/mol. The van der Waals surface area contributed by atoms with Crippen LogP contribution < -0.4 is 14.8 Å². The second-order valence-corrected chi connectivity index (χ2v) is 7.43. The number of hydrogen-bond acceptors (Lipinski definition) is 7. The maximum Gasteiger partial charge on any atom is 0.234 e. The molecule has 0 fully saturated rings. The molecule has 0 unspecified atom stereocenters. The molecule has 2 heterocycles. The molecular formula is C19H20N2O4S2. The summed E-state index contributed by atoms with van der Waals surface area (Å²) in [6, 6.07) is 11.2. The molecule has 2 aromatic heterocycles.